The number of carbonyl (C=O) groups excluding carboxylic acids is 2. The highest BCUT2D eigenvalue weighted by molar-refractivity contribution is 7.88. The molecule has 1 rings (SSSR count). The van der Waals surface area contributed by atoms with Crippen LogP contribution in [0.3, 0.4) is 0 Å². The molecule has 0 saturated carbocycles. The molecule has 0 bridgehead atoms. The van der Waals surface area contributed by atoms with Gasteiger partial charge in [-0.2, -0.15) is 8.42 Å². The zero-order valence-corrected chi connectivity index (χ0v) is 9.80. The second-order valence-corrected chi connectivity index (χ2v) is 5.37. The van der Waals surface area contributed by atoms with Crippen molar-refractivity contribution < 1.29 is 22.6 Å². The lowest BCUT2D eigenvalue weighted by atomic mass is 9.87. The predicted molar refractivity (Wildman–Crippen MR) is 55.2 cm³/mol. The molecule has 2 amide bonds. The third-order valence-corrected chi connectivity index (χ3v) is 4.29. The maximum absolute atomic E-state index is 11.3. The van der Waals surface area contributed by atoms with Crippen molar-refractivity contribution in [2.24, 2.45) is 0 Å². The zero-order chi connectivity index (χ0) is 12.6. The van der Waals surface area contributed by atoms with Gasteiger partial charge in [0.25, 0.3) is 10.1 Å². The van der Waals surface area contributed by atoms with Crippen molar-refractivity contribution in [3.63, 3.8) is 0 Å². The Balaban J connectivity index is 3.00. The molecule has 1 aliphatic rings. The molecule has 0 aromatic rings. The Morgan fingerprint density at radius 2 is 2.19 bits per heavy atom. The van der Waals surface area contributed by atoms with Gasteiger partial charge in [0.1, 0.15) is 0 Å². The quantitative estimate of drug-likeness (QED) is 0.422. The molecule has 1 fully saturated rings. The van der Waals surface area contributed by atoms with Crippen LogP contribution in [0, 0.1) is 0 Å². The molecule has 92 valence electrons. The van der Waals surface area contributed by atoms with E-state index in [1.165, 1.54) is 6.92 Å². The number of hydrogen-bond acceptors (Lipinski definition) is 4. The van der Waals surface area contributed by atoms with Gasteiger partial charge >= 0.3 is 0 Å². The van der Waals surface area contributed by atoms with E-state index in [1.807, 2.05) is 0 Å². The van der Waals surface area contributed by atoms with Gasteiger partial charge in [-0.25, -0.2) is 0 Å². The Hall–Kier alpha value is -1.15. The second-order valence-electron chi connectivity index (χ2n) is 3.69. The molecular weight excluding hydrogens is 236 g/mol. The molecule has 0 aromatic heterocycles. The van der Waals surface area contributed by atoms with Gasteiger partial charge in [-0.3, -0.25) is 14.1 Å². The van der Waals surface area contributed by atoms with Crippen LogP contribution < -0.4 is 10.6 Å². The summed E-state index contributed by atoms with van der Waals surface area (Å²) >= 11 is 0. The summed E-state index contributed by atoms with van der Waals surface area (Å²) < 4.78 is 29.5. The molecule has 0 spiro atoms. The highest BCUT2D eigenvalue weighted by Gasteiger charge is 2.63. The van der Waals surface area contributed by atoms with E-state index in [4.69, 9.17) is 4.55 Å². The first-order valence-electron chi connectivity index (χ1n) is 4.80. The lowest BCUT2D eigenvalue weighted by Gasteiger charge is -2.43. The number of nitrogens with one attached hydrogen (secondary N) is 2. The first kappa shape index (κ1) is 12.9. The highest BCUT2D eigenvalue weighted by Crippen LogP contribution is 2.32. The van der Waals surface area contributed by atoms with Gasteiger partial charge in [0.15, 0.2) is 0 Å². The Bertz CT molecular complexity index is 418. The average Bonchev–Trinajstić information content (AvgIpc) is 2.12. The van der Waals surface area contributed by atoms with Crippen molar-refractivity contribution in [2.75, 3.05) is 6.54 Å². The molecule has 1 aliphatic heterocycles. The monoisotopic (exact) mass is 250 g/mol. The molecule has 2 atom stereocenters. The van der Waals surface area contributed by atoms with E-state index in [1.54, 1.807) is 6.92 Å². The van der Waals surface area contributed by atoms with E-state index in [-0.39, 0.29) is 0 Å². The molecular formula is C8H14N2O5S. The summed E-state index contributed by atoms with van der Waals surface area (Å²) in [5, 5.41) is 4.68. The van der Waals surface area contributed by atoms with E-state index in [0.717, 1.165) is 0 Å². The number of rotatable bonds is 4. The standard InChI is InChI=1S/C8H14N2O5S/c1-3-9-6(11)4-8(16(13,14)15)5(2)10-7(8)12/h5H,3-4H2,1-2H3,(H,9,11)(H,10,12)(H,13,14,15). The summed E-state index contributed by atoms with van der Waals surface area (Å²) in [6.07, 6.45) is -0.563. The lowest BCUT2D eigenvalue weighted by molar-refractivity contribution is -0.136. The van der Waals surface area contributed by atoms with Crippen LogP contribution in [0.25, 0.3) is 0 Å². The highest BCUT2D eigenvalue weighted by atomic mass is 32.2. The molecule has 1 heterocycles. The minimum Gasteiger partial charge on any atom is -0.356 e. The summed E-state index contributed by atoms with van der Waals surface area (Å²) in [5.41, 5.74) is 0. The largest absolute Gasteiger partial charge is 0.356 e. The van der Waals surface area contributed by atoms with Crippen LogP contribution in [0.5, 0.6) is 0 Å². The molecule has 16 heavy (non-hydrogen) atoms. The van der Waals surface area contributed by atoms with Crippen LogP contribution in [0.1, 0.15) is 20.3 Å². The molecule has 7 nitrogen and oxygen atoms in total. The molecule has 2 unspecified atom stereocenters. The normalized spacial score (nSPS) is 29.2. The number of β-lactam (4-membered cyclic amide) rings is 1. The van der Waals surface area contributed by atoms with Crippen molar-refractivity contribution in [3.8, 4) is 0 Å². The third kappa shape index (κ3) is 1.78. The van der Waals surface area contributed by atoms with Crippen molar-refractivity contribution in [1.82, 2.24) is 10.6 Å². The van der Waals surface area contributed by atoms with E-state index in [9.17, 15) is 18.0 Å². The van der Waals surface area contributed by atoms with Crippen LogP contribution in [-0.2, 0) is 19.7 Å². The molecule has 1 saturated heterocycles. The van der Waals surface area contributed by atoms with Crippen molar-refractivity contribution in [3.05, 3.63) is 0 Å². The first-order chi connectivity index (χ1) is 7.25. The SMILES string of the molecule is CCNC(=O)CC1(S(=O)(=O)O)C(=O)NC1C. The van der Waals surface area contributed by atoms with Crippen molar-refractivity contribution >= 4 is 21.9 Å². The van der Waals surface area contributed by atoms with E-state index >= 15 is 0 Å². The van der Waals surface area contributed by atoms with Crippen LogP contribution >= 0.6 is 0 Å². The molecule has 8 heteroatoms. The maximum Gasteiger partial charge on any atom is 0.282 e. The van der Waals surface area contributed by atoms with E-state index in [0.29, 0.717) is 6.54 Å². The fourth-order valence-electron chi connectivity index (χ4n) is 1.72. The lowest BCUT2D eigenvalue weighted by Crippen LogP contribution is -2.75. The van der Waals surface area contributed by atoms with Gasteiger partial charge in [0, 0.05) is 6.54 Å². The fraction of sp³-hybridized carbons (Fsp3) is 0.750. The van der Waals surface area contributed by atoms with E-state index < -0.39 is 39.1 Å². The van der Waals surface area contributed by atoms with Crippen LogP contribution in [0.15, 0.2) is 0 Å². The van der Waals surface area contributed by atoms with Gasteiger partial charge in [0.05, 0.1) is 12.5 Å². The Kier molecular flexibility index (Phi) is 3.25. The van der Waals surface area contributed by atoms with Crippen molar-refractivity contribution in [1.29, 1.82) is 0 Å². The van der Waals surface area contributed by atoms with E-state index in [2.05, 4.69) is 10.6 Å². The predicted octanol–water partition coefficient (Wildman–Crippen LogP) is -1.34. The van der Waals surface area contributed by atoms with Crippen LogP contribution in [0.2, 0.25) is 0 Å². The average molecular weight is 250 g/mol. The summed E-state index contributed by atoms with van der Waals surface area (Å²) in [6, 6.07) is -0.780. The molecule has 0 radical (unpaired) electrons. The summed E-state index contributed by atoms with van der Waals surface area (Å²) in [5.74, 6) is -1.42. The molecule has 3 N–H and O–H groups in total. The summed E-state index contributed by atoms with van der Waals surface area (Å²) in [7, 11) is -4.61. The van der Waals surface area contributed by atoms with Crippen LogP contribution in [0.4, 0.5) is 0 Å². The first-order valence-corrected chi connectivity index (χ1v) is 6.24. The summed E-state index contributed by atoms with van der Waals surface area (Å²) in [6.45, 7) is 3.42. The molecule has 0 aromatic carbocycles. The zero-order valence-electron chi connectivity index (χ0n) is 8.98. The Morgan fingerprint density at radius 1 is 1.62 bits per heavy atom. The number of amides is 2. The number of hydrogen-bond donors (Lipinski definition) is 3. The van der Waals surface area contributed by atoms with Gasteiger partial charge in [-0.1, -0.05) is 0 Å². The van der Waals surface area contributed by atoms with Gasteiger partial charge in [-0.05, 0) is 13.8 Å². The minimum absolute atomic E-state index is 0.330. The van der Waals surface area contributed by atoms with Gasteiger partial charge in [-0.15, -0.1) is 0 Å². The van der Waals surface area contributed by atoms with Crippen molar-refractivity contribution in [2.45, 2.75) is 31.1 Å². The van der Waals surface area contributed by atoms with Gasteiger partial charge < -0.3 is 10.6 Å². The Labute approximate surface area is 93.3 Å². The van der Waals surface area contributed by atoms with Crippen LogP contribution in [-0.4, -0.2) is 42.1 Å². The fourth-order valence-corrected chi connectivity index (χ4v) is 2.83. The number of carbonyl (C=O) groups is 2. The Morgan fingerprint density at radius 3 is 2.50 bits per heavy atom. The second kappa shape index (κ2) is 4.02. The third-order valence-electron chi connectivity index (χ3n) is 2.69. The maximum atomic E-state index is 11.3. The van der Waals surface area contributed by atoms with Gasteiger partial charge in [0.2, 0.25) is 16.6 Å². The topological polar surface area (TPSA) is 113 Å². The summed E-state index contributed by atoms with van der Waals surface area (Å²) in [4.78, 5) is 22.6. The smallest absolute Gasteiger partial charge is 0.282 e. The minimum atomic E-state index is -4.61. The molecule has 0 aliphatic carbocycles.